The first kappa shape index (κ1) is 19.2. The lowest BCUT2D eigenvalue weighted by atomic mass is 9.62. The zero-order valence-electron chi connectivity index (χ0n) is 15.1. The van der Waals surface area contributed by atoms with Gasteiger partial charge in [-0.3, -0.25) is 0 Å². The highest BCUT2D eigenvalue weighted by Gasteiger charge is 2.37. The molecule has 0 spiro atoms. The van der Waals surface area contributed by atoms with Crippen LogP contribution in [-0.2, 0) is 4.79 Å². The van der Waals surface area contributed by atoms with E-state index in [1.165, 1.54) is 17.6 Å². The molecule has 0 aliphatic heterocycles. The zero-order valence-corrected chi connectivity index (χ0v) is 15.1. The van der Waals surface area contributed by atoms with E-state index in [0.29, 0.717) is 18.3 Å². The molecule has 1 rings (SSSR count). The predicted octanol–water partition coefficient (Wildman–Crippen LogP) is 5.07. The molecule has 0 saturated carbocycles. The molecule has 22 heavy (non-hydrogen) atoms. The van der Waals surface area contributed by atoms with Gasteiger partial charge in [-0.1, -0.05) is 37.1 Å². The summed E-state index contributed by atoms with van der Waals surface area (Å²) < 4.78 is 0. The van der Waals surface area contributed by atoms with Crippen molar-refractivity contribution in [1.82, 2.24) is 0 Å². The second-order valence-corrected chi connectivity index (χ2v) is 7.72. The van der Waals surface area contributed by atoms with Gasteiger partial charge in [-0.25, -0.2) is 0 Å². The molecule has 0 saturated heterocycles. The third kappa shape index (κ3) is 5.72. The van der Waals surface area contributed by atoms with Gasteiger partial charge in [0.2, 0.25) is 0 Å². The third-order valence-corrected chi connectivity index (χ3v) is 5.02. The molecule has 126 valence electrons. The maximum atomic E-state index is 11.8. The Kier molecular flexibility index (Phi) is 7.55. The van der Waals surface area contributed by atoms with Crippen molar-refractivity contribution in [2.75, 3.05) is 6.61 Å². The summed E-state index contributed by atoms with van der Waals surface area (Å²) in [5, 5.41) is 8.92. The molecule has 0 fully saturated rings. The van der Waals surface area contributed by atoms with Crippen LogP contribution in [0.15, 0.2) is 23.3 Å². The van der Waals surface area contributed by atoms with Crippen LogP contribution in [0.5, 0.6) is 0 Å². The van der Waals surface area contributed by atoms with Gasteiger partial charge in [0.15, 0.2) is 0 Å². The van der Waals surface area contributed by atoms with Crippen molar-refractivity contribution in [3.05, 3.63) is 23.3 Å². The normalized spacial score (nSPS) is 23.1. The zero-order chi connectivity index (χ0) is 16.8. The second-order valence-electron chi connectivity index (χ2n) is 7.72. The first-order valence-corrected chi connectivity index (χ1v) is 8.72. The lowest BCUT2D eigenvalue weighted by molar-refractivity contribution is -0.118. The number of rotatable bonds is 8. The minimum Gasteiger partial charge on any atom is -0.396 e. The number of carbonyl (C=O) groups is 1. The second kappa shape index (κ2) is 8.67. The number of Topliss-reactive ketones (excluding diaryl/α,β-unsaturated/α-hetero) is 1. The minimum atomic E-state index is 0.251. The molecule has 2 atom stereocenters. The molecule has 1 aliphatic carbocycles. The van der Waals surface area contributed by atoms with E-state index in [9.17, 15) is 4.79 Å². The van der Waals surface area contributed by atoms with Crippen molar-refractivity contribution in [2.45, 2.75) is 73.1 Å². The number of unbranched alkanes of at least 4 members (excludes halogenated alkanes) is 1. The quantitative estimate of drug-likeness (QED) is 0.502. The number of allylic oxidation sites excluding steroid dienone is 4. The van der Waals surface area contributed by atoms with E-state index in [4.69, 9.17) is 5.11 Å². The fourth-order valence-electron chi connectivity index (χ4n) is 4.06. The van der Waals surface area contributed by atoms with E-state index in [1.807, 2.05) is 0 Å². The Bertz CT molecular complexity index is 429. The van der Waals surface area contributed by atoms with E-state index < -0.39 is 0 Å². The van der Waals surface area contributed by atoms with Crippen LogP contribution < -0.4 is 0 Å². The smallest absolute Gasteiger partial charge is 0.130 e. The molecule has 0 bridgehead atoms. The van der Waals surface area contributed by atoms with Gasteiger partial charge in [-0.05, 0) is 70.1 Å². The fraction of sp³-hybridized carbons (Fsp3) is 0.750. The summed E-state index contributed by atoms with van der Waals surface area (Å²) in [6.07, 6.45) is 10.6. The average Bonchev–Trinajstić information content (AvgIpc) is 2.36. The van der Waals surface area contributed by atoms with Gasteiger partial charge in [0.05, 0.1) is 0 Å². The maximum Gasteiger partial charge on any atom is 0.130 e. The summed E-state index contributed by atoms with van der Waals surface area (Å²) >= 11 is 0. The van der Waals surface area contributed by atoms with Gasteiger partial charge in [0.25, 0.3) is 0 Å². The van der Waals surface area contributed by atoms with Crippen molar-refractivity contribution >= 4 is 5.78 Å². The van der Waals surface area contributed by atoms with Gasteiger partial charge in [-0.15, -0.1) is 0 Å². The Balaban J connectivity index is 2.96. The van der Waals surface area contributed by atoms with Crippen molar-refractivity contribution < 1.29 is 9.90 Å². The summed E-state index contributed by atoms with van der Waals surface area (Å²) in [7, 11) is 0. The van der Waals surface area contributed by atoms with Crippen molar-refractivity contribution in [1.29, 1.82) is 0 Å². The molecular formula is C20H34O2. The van der Waals surface area contributed by atoms with Crippen LogP contribution in [0.2, 0.25) is 0 Å². The topological polar surface area (TPSA) is 37.3 Å². The van der Waals surface area contributed by atoms with Gasteiger partial charge in [0, 0.05) is 13.0 Å². The van der Waals surface area contributed by atoms with Crippen LogP contribution in [-0.4, -0.2) is 17.5 Å². The fourth-order valence-corrected chi connectivity index (χ4v) is 4.06. The Labute approximate surface area is 136 Å². The average molecular weight is 306 g/mol. The highest BCUT2D eigenvalue weighted by Crippen LogP contribution is 2.46. The van der Waals surface area contributed by atoms with Crippen molar-refractivity contribution in [3.8, 4) is 0 Å². The van der Waals surface area contributed by atoms with E-state index in [2.05, 4.69) is 39.8 Å². The molecule has 1 N–H and O–H groups in total. The van der Waals surface area contributed by atoms with Gasteiger partial charge >= 0.3 is 0 Å². The molecule has 0 heterocycles. The van der Waals surface area contributed by atoms with E-state index in [0.717, 1.165) is 25.7 Å². The summed E-state index contributed by atoms with van der Waals surface area (Å²) in [5.74, 6) is 1.04. The Morgan fingerprint density at radius 3 is 2.64 bits per heavy atom. The van der Waals surface area contributed by atoms with Crippen LogP contribution >= 0.6 is 0 Å². The monoisotopic (exact) mass is 306 g/mol. The van der Waals surface area contributed by atoms with E-state index in [-0.39, 0.29) is 17.8 Å². The first-order chi connectivity index (χ1) is 10.3. The van der Waals surface area contributed by atoms with Gasteiger partial charge < -0.3 is 9.90 Å². The molecule has 0 aromatic carbocycles. The van der Waals surface area contributed by atoms with Crippen LogP contribution in [0.25, 0.3) is 0 Å². The third-order valence-electron chi connectivity index (χ3n) is 5.02. The maximum absolute atomic E-state index is 11.8. The van der Waals surface area contributed by atoms with Crippen LogP contribution in [0.3, 0.4) is 0 Å². The molecule has 2 nitrogen and oxygen atoms in total. The number of hydrogen-bond donors (Lipinski definition) is 1. The van der Waals surface area contributed by atoms with Crippen LogP contribution in [0.4, 0.5) is 0 Å². The number of carbonyl (C=O) groups excluding carboxylic acids is 1. The molecule has 0 aromatic heterocycles. The molecular weight excluding hydrogens is 272 g/mol. The van der Waals surface area contributed by atoms with E-state index in [1.54, 1.807) is 6.92 Å². The number of aliphatic hydroxyl groups excluding tert-OH is 1. The lowest BCUT2D eigenvalue weighted by Crippen LogP contribution is -2.34. The molecule has 0 amide bonds. The van der Waals surface area contributed by atoms with Crippen LogP contribution in [0, 0.1) is 17.3 Å². The highest BCUT2D eigenvalue weighted by molar-refractivity contribution is 5.76. The Hall–Kier alpha value is -0.890. The first-order valence-electron chi connectivity index (χ1n) is 8.72. The number of aliphatic hydroxyl groups is 1. The van der Waals surface area contributed by atoms with Gasteiger partial charge in [0.1, 0.15) is 5.78 Å². The standard InChI is InChI=1S/C20H34O2/c1-15(9-6-7-12-21)13-18(14-17(3)22)19-16(2)10-8-11-20(19,4)5/h10,13,18-19,21H,6-9,11-12,14H2,1-5H3/b15-13+. The van der Waals surface area contributed by atoms with Crippen molar-refractivity contribution in [3.63, 3.8) is 0 Å². The molecule has 0 radical (unpaired) electrons. The molecule has 1 aliphatic rings. The Morgan fingerprint density at radius 2 is 2.09 bits per heavy atom. The highest BCUT2D eigenvalue weighted by atomic mass is 16.2. The predicted molar refractivity (Wildman–Crippen MR) is 93.7 cm³/mol. The molecule has 2 unspecified atom stereocenters. The summed E-state index contributed by atoms with van der Waals surface area (Å²) in [6, 6.07) is 0. The lowest BCUT2D eigenvalue weighted by Gasteiger charge is -2.42. The summed E-state index contributed by atoms with van der Waals surface area (Å²) in [6.45, 7) is 11.1. The Morgan fingerprint density at radius 1 is 1.41 bits per heavy atom. The van der Waals surface area contributed by atoms with Gasteiger partial charge in [-0.2, -0.15) is 0 Å². The SMILES string of the molecule is CC(=O)CC(/C=C(\C)CCCCO)C1C(C)=CCCC1(C)C. The summed E-state index contributed by atoms with van der Waals surface area (Å²) in [4.78, 5) is 11.8. The number of ketones is 1. The largest absolute Gasteiger partial charge is 0.396 e. The van der Waals surface area contributed by atoms with Crippen LogP contribution in [0.1, 0.15) is 73.1 Å². The van der Waals surface area contributed by atoms with E-state index >= 15 is 0 Å². The minimum absolute atomic E-state index is 0.251. The molecule has 0 aromatic rings. The molecule has 2 heteroatoms. The van der Waals surface area contributed by atoms with Crippen molar-refractivity contribution in [2.24, 2.45) is 17.3 Å². The number of hydrogen-bond acceptors (Lipinski definition) is 2. The summed E-state index contributed by atoms with van der Waals surface area (Å²) in [5.41, 5.74) is 3.05.